The van der Waals surface area contributed by atoms with E-state index in [1.54, 1.807) is 12.1 Å². The number of halogens is 2. The average molecular weight is 354 g/mol. The molecule has 1 heterocycles. The molecule has 21 heavy (non-hydrogen) atoms. The van der Waals surface area contributed by atoms with Crippen LogP contribution in [0.2, 0.25) is 0 Å². The Labute approximate surface area is 134 Å². The Bertz CT molecular complexity index is 521. The van der Waals surface area contributed by atoms with Gasteiger partial charge in [-0.25, -0.2) is 4.39 Å². The molecule has 0 amide bonds. The van der Waals surface area contributed by atoms with Gasteiger partial charge in [-0.1, -0.05) is 13.3 Å². The number of nitrogens with zero attached hydrogens (tertiary/aromatic N) is 2. The maximum atomic E-state index is 14.1. The van der Waals surface area contributed by atoms with Crippen LogP contribution >= 0.6 is 15.9 Å². The molecule has 0 aliphatic carbocycles. The molecule has 0 radical (unpaired) electrons. The topological polar surface area (TPSA) is 39.1 Å². The summed E-state index contributed by atoms with van der Waals surface area (Å²) in [5.41, 5.74) is 0.769. The minimum Gasteiger partial charge on any atom is -0.382 e. The van der Waals surface area contributed by atoms with Gasteiger partial charge < -0.3 is 10.2 Å². The van der Waals surface area contributed by atoms with Gasteiger partial charge in [0.15, 0.2) is 5.82 Å². The van der Waals surface area contributed by atoms with Gasteiger partial charge in [-0.15, -0.1) is 0 Å². The Morgan fingerprint density at radius 1 is 1.38 bits per heavy atom. The third kappa shape index (κ3) is 4.42. The van der Waals surface area contributed by atoms with Crippen LogP contribution in [0.1, 0.15) is 31.7 Å². The Kier molecular flexibility index (Phi) is 6.01. The van der Waals surface area contributed by atoms with Crippen LogP contribution in [0.3, 0.4) is 0 Å². The smallest absolute Gasteiger partial charge is 0.161 e. The number of nitriles is 1. The van der Waals surface area contributed by atoms with E-state index in [0.717, 1.165) is 13.1 Å². The van der Waals surface area contributed by atoms with Crippen LogP contribution in [0.5, 0.6) is 0 Å². The fraction of sp³-hybridized carbons (Fsp3) is 0.562. The summed E-state index contributed by atoms with van der Waals surface area (Å²) < 4.78 is 14.3. The van der Waals surface area contributed by atoms with Crippen molar-refractivity contribution in [1.29, 1.82) is 5.26 Å². The van der Waals surface area contributed by atoms with E-state index in [4.69, 9.17) is 5.26 Å². The number of hydrogen-bond donors (Lipinski definition) is 1. The maximum absolute atomic E-state index is 14.1. The molecule has 0 aromatic heterocycles. The highest BCUT2D eigenvalue weighted by Crippen LogP contribution is 2.26. The summed E-state index contributed by atoms with van der Waals surface area (Å²) in [5.74, 6) is 0.0659. The molecule has 0 spiro atoms. The highest BCUT2D eigenvalue weighted by molar-refractivity contribution is 9.10. The Balaban J connectivity index is 1.87. The molecule has 1 aliphatic rings. The fourth-order valence-corrected chi connectivity index (χ4v) is 3.14. The van der Waals surface area contributed by atoms with E-state index >= 15 is 0 Å². The first-order chi connectivity index (χ1) is 10.1. The van der Waals surface area contributed by atoms with Gasteiger partial charge in [0.1, 0.15) is 6.07 Å². The van der Waals surface area contributed by atoms with Crippen LogP contribution in [0.25, 0.3) is 0 Å². The van der Waals surface area contributed by atoms with E-state index in [0.29, 0.717) is 17.2 Å². The van der Waals surface area contributed by atoms with Crippen molar-refractivity contribution in [3.8, 4) is 6.07 Å². The third-order valence-electron chi connectivity index (χ3n) is 3.86. The molecular formula is C16H21BrFN3. The second kappa shape index (κ2) is 7.77. The minimum absolute atomic E-state index is 0.235. The summed E-state index contributed by atoms with van der Waals surface area (Å²) in [6, 6.07) is 5.22. The van der Waals surface area contributed by atoms with E-state index in [-0.39, 0.29) is 10.3 Å². The number of rotatable bonds is 5. The molecule has 1 fully saturated rings. The predicted molar refractivity (Wildman–Crippen MR) is 86.8 cm³/mol. The molecule has 3 nitrogen and oxygen atoms in total. The molecule has 1 N–H and O–H groups in total. The third-order valence-corrected chi connectivity index (χ3v) is 4.64. The predicted octanol–water partition coefficient (Wildman–Crippen LogP) is 3.99. The monoisotopic (exact) mass is 353 g/mol. The zero-order chi connectivity index (χ0) is 15.2. The van der Waals surface area contributed by atoms with Gasteiger partial charge in [0, 0.05) is 13.1 Å². The molecular weight excluding hydrogens is 333 g/mol. The van der Waals surface area contributed by atoms with Crippen LogP contribution in [0.4, 0.5) is 10.1 Å². The van der Waals surface area contributed by atoms with E-state index in [9.17, 15) is 4.39 Å². The summed E-state index contributed by atoms with van der Waals surface area (Å²) in [5, 5.41) is 12.0. The second-order valence-electron chi connectivity index (χ2n) is 5.75. The van der Waals surface area contributed by atoms with E-state index < -0.39 is 0 Å². The molecule has 1 saturated heterocycles. The number of hydrogen-bond acceptors (Lipinski definition) is 3. The first-order valence-corrected chi connectivity index (χ1v) is 8.25. The SMILES string of the molecule is CC(CNc1ccc(C#N)c(Br)c1F)CN1CCCCC1. The second-order valence-corrected chi connectivity index (χ2v) is 6.54. The normalized spacial score (nSPS) is 17.2. The van der Waals surface area contributed by atoms with Crippen molar-refractivity contribution >= 4 is 21.6 Å². The molecule has 1 aromatic rings. The van der Waals surface area contributed by atoms with Crippen molar-refractivity contribution in [2.45, 2.75) is 26.2 Å². The molecule has 2 rings (SSSR count). The fourth-order valence-electron chi connectivity index (χ4n) is 2.70. The van der Waals surface area contributed by atoms with Crippen LogP contribution in [-0.4, -0.2) is 31.1 Å². The largest absolute Gasteiger partial charge is 0.382 e. The van der Waals surface area contributed by atoms with Crippen molar-refractivity contribution in [2.24, 2.45) is 5.92 Å². The van der Waals surface area contributed by atoms with Crippen molar-refractivity contribution in [3.05, 3.63) is 28.0 Å². The van der Waals surface area contributed by atoms with E-state index in [1.165, 1.54) is 32.4 Å². The highest BCUT2D eigenvalue weighted by Gasteiger charge is 2.15. The summed E-state index contributed by atoms with van der Waals surface area (Å²) in [6.07, 6.45) is 3.92. The molecule has 1 aliphatic heterocycles. The van der Waals surface area contributed by atoms with Gasteiger partial charge in [-0.3, -0.25) is 0 Å². The van der Waals surface area contributed by atoms with E-state index in [2.05, 4.69) is 33.1 Å². The quantitative estimate of drug-likeness (QED) is 0.869. The van der Waals surface area contributed by atoms with Crippen molar-refractivity contribution in [1.82, 2.24) is 4.90 Å². The molecule has 1 atom stereocenters. The molecule has 0 saturated carbocycles. The molecule has 1 aromatic carbocycles. The van der Waals surface area contributed by atoms with Crippen molar-refractivity contribution in [3.63, 3.8) is 0 Å². The van der Waals surface area contributed by atoms with Gasteiger partial charge in [-0.2, -0.15) is 5.26 Å². The Morgan fingerprint density at radius 2 is 2.10 bits per heavy atom. The van der Waals surface area contributed by atoms with Gasteiger partial charge in [0.25, 0.3) is 0 Å². The zero-order valence-corrected chi connectivity index (χ0v) is 13.9. The average Bonchev–Trinajstić information content (AvgIpc) is 2.50. The standard InChI is InChI=1S/C16H21BrFN3/c1-12(11-21-7-3-2-4-8-21)10-20-14-6-5-13(9-19)15(17)16(14)18/h5-6,12,20H,2-4,7-8,10-11H2,1H3. The van der Waals surface area contributed by atoms with Gasteiger partial charge >= 0.3 is 0 Å². The summed E-state index contributed by atoms with van der Waals surface area (Å²) in [4.78, 5) is 2.49. The van der Waals surface area contributed by atoms with Crippen LogP contribution in [0.15, 0.2) is 16.6 Å². The summed E-state index contributed by atoms with van der Waals surface area (Å²) in [6.45, 7) is 6.32. The number of benzene rings is 1. The lowest BCUT2D eigenvalue weighted by Crippen LogP contribution is -2.35. The Hall–Kier alpha value is -1.12. The molecule has 5 heteroatoms. The molecule has 1 unspecified atom stereocenters. The number of likely N-dealkylation sites (tertiary alicyclic amines) is 1. The molecule has 0 bridgehead atoms. The number of piperidine rings is 1. The van der Waals surface area contributed by atoms with Crippen LogP contribution in [0, 0.1) is 23.1 Å². The van der Waals surface area contributed by atoms with Crippen molar-refractivity contribution < 1.29 is 4.39 Å². The lowest BCUT2D eigenvalue weighted by Gasteiger charge is -2.29. The lowest BCUT2D eigenvalue weighted by atomic mass is 10.1. The van der Waals surface area contributed by atoms with E-state index in [1.807, 2.05) is 6.07 Å². The minimum atomic E-state index is -0.390. The zero-order valence-electron chi connectivity index (χ0n) is 12.3. The first-order valence-electron chi connectivity index (χ1n) is 7.46. The first kappa shape index (κ1) is 16.3. The maximum Gasteiger partial charge on any atom is 0.161 e. The van der Waals surface area contributed by atoms with Crippen LogP contribution in [-0.2, 0) is 0 Å². The van der Waals surface area contributed by atoms with Gasteiger partial charge in [-0.05, 0) is 59.9 Å². The molecule has 114 valence electrons. The lowest BCUT2D eigenvalue weighted by molar-refractivity contribution is 0.204. The summed E-state index contributed by atoms with van der Waals surface area (Å²) in [7, 11) is 0. The summed E-state index contributed by atoms with van der Waals surface area (Å²) >= 11 is 3.13. The van der Waals surface area contributed by atoms with Crippen LogP contribution < -0.4 is 5.32 Å². The van der Waals surface area contributed by atoms with Gasteiger partial charge in [0.2, 0.25) is 0 Å². The van der Waals surface area contributed by atoms with Gasteiger partial charge in [0.05, 0.1) is 15.7 Å². The number of anilines is 1. The number of nitrogens with one attached hydrogen (secondary N) is 1. The Morgan fingerprint density at radius 3 is 2.76 bits per heavy atom. The van der Waals surface area contributed by atoms with Crippen molar-refractivity contribution in [2.75, 3.05) is 31.5 Å². The highest BCUT2D eigenvalue weighted by atomic mass is 79.9.